The van der Waals surface area contributed by atoms with Gasteiger partial charge in [-0.2, -0.15) is 0 Å². The fourth-order valence-electron chi connectivity index (χ4n) is 14.2. The molecule has 0 amide bonds. The Morgan fingerprint density at radius 2 is 0.491 bits per heavy atom. The molecule has 4 atom stereocenters. The van der Waals surface area contributed by atoms with Crippen LogP contribution in [-0.4, -0.2) is 231 Å². The maximum absolute atomic E-state index is 13.6. The SMILES string of the molecule is CN(C)c1ccc(C(c2ccc(N(CCO)CCO)cc2)c2ccc(N(CCO)CCO)cc2)cc1.OC1CC(O)CN(c2ccc(C(c3ccc(Cl)cc3)c3ccc(N4CC(O)CC(O)C4)cc3)cc2)C1.OCCN(CCO)c1ccc(C(c2ccc(F)cc2)c2ccc(N(CCO)CCO)cc2)cc1. The topological polar surface area (TPSA) is 265 Å². The van der Waals surface area contributed by atoms with Gasteiger partial charge in [-0.15, -0.1) is 0 Å². The van der Waals surface area contributed by atoms with E-state index in [0.717, 1.165) is 84.3 Å². The van der Waals surface area contributed by atoms with E-state index in [1.165, 1.54) is 17.7 Å². The second-order valence-corrected chi connectivity index (χ2v) is 27.5. The van der Waals surface area contributed by atoms with Crippen LogP contribution in [-0.2, 0) is 0 Å². The molecule has 0 saturated carbocycles. The molecule has 0 bridgehead atoms. The molecule has 9 aromatic rings. The molecule has 0 spiro atoms. The first-order chi connectivity index (χ1) is 51.5. The molecular formula is C85H105ClFN7O12. The number of hydrogen-bond acceptors (Lipinski definition) is 19. The lowest BCUT2D eigenvalue weighted by atomic mass is 9.85. The maximum Gasteiger partial charge on any atom is 0.123 e. The number of anilines is 7. The predicted octanol–water partition coefficient (Wildman–Crippen LogP) is 8.49. The van der Waals surface area contributed by atoms with Gasteiger partial charge in [-0.3, -0.25) is 0 Å². The van der Waals surface area contributed by atoms with Crippen LogP contribution in [0, 0.1) is 5.82 Å². The van der Waals surface area contributed by atoms with Crippen LogP contribution in [0.15, 0.2) is 218 Å². The van der Waals surface area contributed by atoms with Gasteiger partial charge in [0, 0.05) is 168 Å². The molecule has 2 fully saturated rings. The Bertz CT molecular complexity index is 3740. The predicted molar refractivity (Wildman–Crippen MR) is 423 cm³/mol. The number of aliphatic hydroxyl groups excluding tert-OH is 12. The first kappa shape index (κ1) is 81.4. The molecule has 2 heterocycles. The Kier molecular flexibility index (Phi) is 31.8. The highest BCUT2D eigenvalue weighted by molar-refractivity contribution is 6.30. The van der Waals surface area contributed by atoms with E-state index in [2.05, 4.69) is 77.7 Å². The van der Waals surface area contributed by atoms with Gasteiger partial charge in [0.1, 0.15) is 5.82 Å². The van der Waals surface area contributed by atoms with Crippen LogP contribution in [0.4, 0.5) is 44.2 Å². The monoisotopic (exact) mass is 1470 g/mol. The van der Waals surface area contributed by atoms with Crippen molar-refractivity contribution in [2.75, 3.05) is 180 Å². The van der Waals surface area contributed by atoms with Crippen molar-refractivity contribution in [2.24, 2.45) is 0 Å². The molecule has 12 N–H and O–H groups in total. The van der Waals surface area contributed by atoms with Gasteiger partial charge in [0.15, 0.2) is 0 Å². The van der Waals surface area contributed by atoms with Gasteiger partial charge in [-0.25, -0.2) is 4.39 Å². The van der Waals surface area contributed by atoms with E-state index >= 15 is 0 Å². The molecule has 566 valence electrons. The average Bonchev–Trinajstić information content (AvgIpc) is 0.810. The lowest BCUT2D eigenvalue weighted by Gasteiger charge is -2.35. The van der Waals surface area contributed by atoms with Crippen LogP contribution in [0.5, 0.6) is 0 Å². The van der Waals surface area contributed by atoms with E-state index < -0.39 is 24.4 Å². The van der Waals surface area contributed by atoms with Crippen molar-refractivity contribution in [3.8, 4) is 0 Å². The minimum absolute atomic E-state index is 0.00408. The maximum atomic E-state index is 13.6. The van der Waals surface area contributed by atoms with Gasteiger partial charge in [-0.1, -0.05) is 121 Å². The summed E-state index contributed by atoms with van der Waals surface area (Å²) in [4.78, 5) is 13.9. The third-order valence-corrected chi connectivity index (χ3v) is 19.7. The van der Waals surface area contributed by atoms with E-state index in [4.69, 9.17) is 11.6 Å². The average molecular weight is 1470 g/mol. The van der Waals surface area contributed by atoms with Crippen LogP contribution in [0.2, 0.25) is 5.02 Å². The highest BCUT2D eigenvalue weighted by Gasteiger charge is 2.28. The summed E-state index contributed by atoms with van der Waals surface area (Å²) in [5.74, 6) is -0.421. The second-order valence-electron chi connectivity index (χ2n) is 27.1. The number of β-amino-alcohol motifs (C(OH)–C–C–N with tert-alkyl or cyclic N) is 4. The minimum Gasteiger partial charge on any atom is -0.395 e. The summed E-state index contributed by atoms with van der Waals surface area (Å²) < 4.78 is 13.6. The Balaban J connectivity index is 0.000000184. The third kappa shape index (κ3) is 22.7. The van der Waals surface area contributed by atoms with Crippen molar-refractivity contribution >= 4 is 51.4 Å². The van der Waals surface area contributed by atoms with Gasteiger partial charge < -0.3 is 95.6 Å². The minimum atomic E-state index is -0.532. The van der Waals surface area contributed by atoms with Gasteiger partial charge >= 0.3 is 0 Å². The highest BCUT2D eigenvalue weighted by atomic mass is 35.5. The second kappa shape index (κ2) is 41.4. The molecule has 11 rings (SSSR count). The Morgan fingerprint density at radius 1 is 0.302 bits per heavy atom. The molecule has 0 aliphatic carbocycles. The lowest BCUT2D eigenvalue weighted by Crippen LogP contribution is -2.45. The number of rotatable bonds is 32. The molecule has 4 unspecified atom stereocenters. The fourth-order valence-corrected chi connectivity index (χ4v) is 14.4. The fraction of sp³-hybridized carbons (Fsp3) is 0.365. The smallest absolute Gasteiger partial charge is 0.123 e. The molecule has 2 aliphatic rings. The van der Waals surface area contributed by atoms with E-state index in [1.54, 1.807) is 12.1 Å². The molecule has 0 aromatic heterocycles. The van der Waals surface area contributed by atoms with Crippen molar-refractivity contribution in [3.05, 3.63) is 279 Å². The number of piperidine rings is 2. The van der Waals surface area contributed by atoms with Gasteiger partial charge in [-0.05, 0) is 159 Å². The zero-order chi connectivity index (χ0) is 75.5. The molecule has 9 aromatic carbocycles. The molecule has 106 heavy (non-hydrogen) atoms. The van der Waals surface area contributed by atoms with E-state index in [9.17, 15) is 65.7 Å². The summed E-state index contributed by atoms with van der Waals surface area (Å²) in [6.07, 6.45) is -1.30. The van der Waals surface area contributed by atoms with E-state index in [-0.39, 0.29) is 76.4 Å². The summed E-state index contributed by atoms with van der Waals surface area (Å²) in [5.41, 5.74) is 16.6. The molecular weight excluding hydrogens is 1370 g/mol. The van der Waals surface area contributed by atoms with Crippen molar-refractivity contribution in [3.63, 3.8) is 0 Å². The van der Waals surface area contributed by atoms with Gasteiger partial charge in [0.05, 0.1) is 77.3 Å². The van der Waals surface area contributed by atoms with Gasteiger partial charge in [0.25, 0.3) is 0 Å². The summed E-state index contributed by atoms with van der Waals surface area (Å²) in [7, 11) is 4.05. The Hall–Kier alpha value is -8.68. The van der Waals surface area contributed by atoms with E-state index in [1.807, 2.05) is 165 Å². The first-order valence-corrected chi connectivity index (χ1v) is 36.8. The standard InChI is InChI=1S/C29H33ClN2O4.C29H39N3O4.C27H33FN2O4/c30-22-7-1-19(2-8-22)29(20-3-9-23(10-4-20)31-15-25(33)13-26(34)16-31)21-5-11-24(12-6-21)32-17-27(35)14-28(36)18-32;1-30(2)26-9-3-23(4-10-26)29(24-5-11-27(12-6-24)31(15-19-33)16-20-34)25-7-13-28(14-8-25)32(17-21-35)18-22-36;28-24-7-1-21(2-8-24)27(22-3-9-25(10-4-22)29(13-17-31)14-18-32)23-5-11-26(12-6-23)30(15-19-33)16-20-34/h1-12,25-29,33-36H,13-18H2;3-14,29,33-36H,15-22H2,1-2H3;1-12,27,31-34H,13-20H2. The molecule has 2 aliphatic heterocycles. The van der Waals surface area contributed by atoms with Crippen molar-refractivity contribution in [2.45, 2.75) is 55.0 Å². The quantitative estimate of drug-likeness (QED) is 0.0176. The van der Waals surface area contributed by atoms with Crippen molar-refractivity contribution < 1.29 is 65.7 Å². The largest absolute Gasteiger partial charge is 0.395 e. The van der Waals surface area contributed by atoms with Crippen LogP contribution >= 0.6 is 11.6 Å². The number of halogens is 2. The summed E-state index contributed by atoms with van der Waals surface area (Å²) >= 11 is 6.18. The lowest BCUT2D eigenvalue weighted by molar-refractivity contribution is 0.0645. The third-order valence-electron chi connectivity index (χ3n) is 19.5. The highest BCUT2D eigenvalue weighted by Crippen LogP contribution is 2.39. The van der Waals surface area contributed by atoms with Crippen LogP contribution in [0.25, 0.3) is 0 Å². The van der Waals surface area contributed by atoms with Crippen LogP contribution in [0.3, 0.4) is 0 Å². The normalized spacial score (nSPS) is 16.0. The van der Waals surface area contributed by atoms with Gasteiger partial charge in [0.2, 0.25) is 0 Å². The zero-order valence-corrected chi connectivity index (χ0v) is 61.4. The van der Waals surface area contributed by atoms with E-state index in [0.29, 0.717) is 96.4 Å². The first-order valence-electron chi connectivity index (χ1n) is 36.5. The molecule has 2 saturated heterocycles. The number of nitrogens with zero attached hydrogens (tertiary/aromatic N) is 7. The van der Waals surface area contributed by atoms with Crippen molar-refractivity contribution in [1.82, 2.24) is 0 Å². The number of benzene rings is 9. The number of hydrogen-bond donors (Lipinski definition) is 12. The number of aliphatic hydroxyl groups is 12. The Labute approximate surface area is 628 Å². The molecule has 21 heteroatoms. The summed E-state index contributed by atoms with van der Waals surface area (Å²) in [5, 5.41) is 116. The zero-order valence-electron chi connectivity index (χ0n) is 60.6. The molecule has 19 nitrogen and oxygen atoms in total. The van der Waals surface area contributed by atoms with Crippen LogP contribution in [0.1, 0.15) is 80.7 Å². The van der Waals surface area contributed by atoms with Crippen LogP contribution < -0.4 is 34.3 Å². The summed E-state index contributed by atoms with van der Waals surface area (Å²) in [6, 6.07) is 72.1. The Morgan fingerprint density at radius 3 is 0.698 bits per heavy atom. The molecule has 0 radical (unpaired) electrons. The van der Waals surface area contributed by atoms with Crippen molar-refractivity contribution in [1.29, 1.82) is 0 Å². The summed E-state index contributed by atoms with van der Waals surface area (Å²) in [6.45, 7) is 5.73.